The summed E-state index contributed by atoms with van der Waals surface area (Å²) in [6, 6.07) is 20.6. The summed E-state index contributed by atoms with van der Waals surface area (Å²) in [6.07, 6.45) is 12.3. The number of likely N-dealkylation sites (N-methyl/N-ethyl adjacent to an activating group) is 1. The number of imide groups is 1. The van der Waals surface area contributed by atoms with Crippen LogP contribution >= 0.6 is 0 Å². The fraction of sp³-hybridized carbons (Fsp3) is 0.152. The molecule has 1 N–H and O–H groups in total. The number of aliphatic hydroxyl groups excluding tert-OH is 1. The van der Waals surface area contributed by atoms with Crippen molar-refractivity contribution < 1.29 is 14.7 Å². The average Bonchev–Trinajstić information content (AvgIpc) is 3.30. The second kappa shape index (κ2) is 13.5. The first-order valence-corrected chi connectivity index (χ1v) is 13.5. The van der Waals surface area contributed by atoms with Crippen molar-refractivity contribution in [2.75, 3.05) is 20.1 Å². The van der Waals surface area contributed by atoms with E-state index in [1.165, 1.54) is 4.90 Å². The zero-order valence-corrected chi connectivity index (χ0v) is 23.2. The van der Waals surface area contributed by atoms with E-state index in [9.17, 15) is 9.59 Å². The van der Waals surface area contributed by atoms with Crippen molar-refractivity contribution in [3.63, 3.8) is 0 Å². The molecule has 1 aliphatic rings. The van der Waals surface area contributed by atoms with Gasteiger partial charge in [0.05, 0.1) is 23.4 Å². The van der Waals surface area contributed by atoms with Gasteiger partial charge in [-0.3, -0.25) is 34.4 Å². The molecule has 0 atom stereocenters. The highest BCUT2D eigenvalue weighted by molar-refractivity contribution is 6.21. The molecule has 5 heterocycles. The number of aliphatic hydroxyl groups is 1. The molecule has 0 saturated heterocycles. The molecule has 5 aromatic rings. The van der Waals surface area contributed by atoms with Gasteiger partial charge in [0.25, 0.3) is 11.8 Å². The number of nitrogens with zero attached hydrogens (tertiary/aromatic N) is 6. The van der Waals surface area contributed by atoms with Gasteiger partial charge in [-0.1, -0.05) is 24.3 Å². The number of rotatable bonds is 8. The first-order chi connectivity index (χ1) is 20.5. The molecule has 0 bridgehead atoms. The van der Waals surface area contributed by atoms with Gasteiger partial charge in [0.2, 0.25) is 0 Å². The quantitative estimate of drug-likeness (QED) is 0.277. The normalized spacial score (nSPS) is 12.2. The van der Waals surface area contributed by atoms with Crippen LogP contribution in [0.1, 0.15) is 31.8 Å². The Morgan fingerprint density at radius 3 is 1.98 bits per heavy atom. The van der Waals surface area contributed by atoms with Crippen molar-refractivity contribution in [3.05, 3.63) is 132 Å². The lowest BCUT2D eigenvalue weighted by Gasteiger charge is -2.20. The summed E-state index contributed by atoms with van der Waals surface area (Å²) in [5.74, 6) is -0.423. The first-order valence-electron chi connectivity index (χ1n) is 13.5. The van der Waals surface area contributed by atoms with Crippen LogP contribution in [-0.2, 0) is 13.2 Å². The van der Waals surface area contributed by atoms with Gasteiger partial charge in [-0.05, 0) is 60.6 Å². The zero-order chi connectivity index (χ0) is 29.3. The molecule has 0 saturated carbocycles. The SMILES string of the molecule is CN(CCN1C(=O)c2ccccc2C1=O)Cc1ccc(-c2cccnc2)nc1.OCc1cncc(-c2cccnc2)c1. The molecule has 210 valence electrons. The van der Waals surface area contributed by atoms with Crippen molar-refractivity contribution in [3.8, 4) is 22.4 Å². The van der Waals surface area contributed by atoms with E-state index < -0.39 is 0 Å². The molecule has 2 amide bonds. The Morgan fingerprint density at radius 1 is 0.714 bits per heavy atom. The highest BCUT2D eigenvalue weighted by Gasteiger charge is 2.34. The third kappa shape index (κ3) is 6.77. The molecule has 0 aliphatic carbocycles. The molecule has 9 heteroatoms. The van der Waals surface area contributed by atoms with Gasteiger partial charge in [-0.2, -0.15) is 0 Å². The lowest BCUT2D eigenvalue weighted by molar-refractivity contribution is 0.0640. The van der Waals surface area contributed by atoms with Crippen molar-refractivity contribution in [2.45, 2.75) is 13.2 Å². The van der Waals surface area contributed by atoms with E-state index in [1.807, 2.05) is 55.7 Å². The van der Waals surface area contributed by atoms with Crippen molar-refractivity contribution in [2.24, 2.45) is 0 Å². The standard InChI is InChI=1S/C22H20N4O2.C11H10N2O/c1-25(11-12-26-21(27)18-6-2-3-7-19(18)22(26)28)15-16-8-9-20(24-13-16)17-5-4-10-23-14-17;14-8-9-4-11(7-13-5-9)10-2-1-3-12-6-10/h2-10,13-14H,11-12,15H2,1H3;1-7,14H,8H2. The molecule has 42 heavy (non-hydrogen) atoms. The van der Waals surface area contributed by atoms with E-state index in [-0.39, 0.29) is 18.4 Å². The lowest BCUT2D eigenvalue weighted by atomic mass is 10.1. The number of amides is 2. The van der Waals surface area contributed by atoms with Crippen LogP contribution in [0.4, 0.5) is 0 Å². The molecule has 6 rings (SSSR count). The predicted molar refractivity (Wildman–Crippen MR) is 159 cm³/mol. The molecule has 0 spiro atoms. The fourth-order valence-corrected chi connectivity index (χ4v) is 4.57. The Balaban J connectivity index is 0.000000211. The highest BCUT2D eigenvalue weighted by Crippen LogP contribution is 2.22. The number of pyridine rings is 4. The maximum absolute atomic E-state index is 12.4. The Hall–Kier alpha value is -5.12. The molecular formula is C33H30N6O3. The Kier molecular flexibility index (Phi) is 9.13. The van der Waals surface area contributed by atoms with E-state index in [1.54, 1.807) is 61.4 Å². The van der Waals surface area contributed by atoms with Gasteiger partial charge in [0.15, 0.2) is 0 Å². The van der Waals surface area contributed by atoms with Crippen molar-refractivity contribution >= 4 is 11.8 Å². The minimum absolute atomic E-state index is 0.0150. The maximum atomic E-state index is 12.4. The smallest absolute Gasteiger partial charge is 0.261 e. The molecule has 9 nitrogen and oxygen atoms in total. The summed E-state index contributed by atoms with van der Waals surface area (Å²) >= 11 is 0. The van der Waals surface area contributed by atoms with Crippen molar-refractivity contribution in [1.29, 1.82) is 0 Å². The van der Waals surface area contributed by atoms with Crippen LogP contribution in [0.2, 0.25) is 0 Å². The van der Waals surface area contributed by atoms with Gasteiger partial charge in [-0.15, -0.1) is 0 Å². The molecule has 0 radical (unpaired) electrons. The minimum atomic E-state index is -0.212. The summed E-state index contributed by atoms with van der Waals surface area (Å²) in [5, 5.41) is 8.95. The van der Waals surface area contributed by atoms with E-state index in [0.29, 0.717) is 30.8 Å². The summed E-state index contributed by atoms with van der Waals surface area (Å²) in [7, 11) is 1.97. The zero-order valence-electron chi connectivity index (χ0n) is 23.2. The number of benzene rings is 1. The topological polar surface area (TPSA) is 112 Å². The maximum Gasteiger partial charge on any atom is 0.261 e. The second-order valence-electron chi connectivity index (χ2n) is 9.82. The molecule has 1 aliphatic heterocycles. The van der Waals surface area contributed by atoms with Crippen LogP contribution in [0.3, 0.4) is 0 Å². The van der Waals surface area contributed by atoms with Crippen LogP contribution in [0.25, 0.3) is 22.4 Å². The lowest BCUT2D eigenvalue weighted by Crippen LogP contribution is -2.36. The number of hydrogen-bond acceptors (Lipinski definition) is 8. The monoisotopic (exact) mass is 558 g/mol. The van der Waals surface area contributed by atoms with Gasteiger partial charge in [0.1, 0.15) is 0 Å². The van der Waals surface area contributed by atoms with Crippen molar-refractivity contribution in [1.82, 2.24) is 29.7 Å². The third-order valence-electron chi connectivity index (χ3n) is 6.79. The number of carbonyl (C=O) groups is 2. The van der Waals surface area contributed by atoms with Crippen LogP contribution in [0.15, 0.2) is 110 Å². The van der Waals surface area contributed by atoms with Gasteiger partial charge in [0, 0.05) is 79.7 Å². The van der Waals surface area contributed by atoms with E-state index >= 15 is 0 Å². The van der Waals surface area contributed by atoms with Gasteiger partial charge >= 0.3 is 0 Å². The predicted octanol–water partition coefficient (Wildman–Crippen LogP) is 4.51. The molecular weight excluding hydrogens is 528 g/mol. The number of hydrogen-bond donors (Lipinski definition) is 1. The third-order valence-corrected chi connectivity index (χ3v) is 6.79. The van der Waals surface area contributed by atoms with Gasteiger partial charge in [-0.25, -0.2) is 0 Å². The first kappa shape index (κ1) is 28.4. The van der Waals surface area contributed by atoms with Gasteiger partial charge < -0.3 is 10.0 Å². The number of fused-ring (bicyclic) bond motifs is 1. The Morgan fingerprint density at radius 2 is 1.38 bits per heavy atom. The van der Waals surface area contributed by atoms with E-state index in [4.69, 9.17) is 5.11 Å². The van der Waals surface area contributed by atoms with Crippen LogP contribution in [0, 0.1) is 0 Å². The van der Waals surface area contributed by atoms with Crippen LogP contribution < -0.4 is 0 Å². The Bertz CT molecular complexity index is 1610. The largest absolute Gasteiger partial charge is 0.392 e. The van der Waals surface area contributed by atoms with E-state index in [2.05, 4.69) is 24.8 Å². The summed E-state index contributed by atoms with van der Waals surface area (Å²) in [6.45, 7) is 1.66. The highest BCUT2D eigenvalue weighted by atomic mass is 16.3. The summed E-state index contributed by atoms with van der Waals surface area (Å²) < 4.78 is 0. The summed E-state index contributed by atoms with van der Waals surface area (Å²) in [5.41, 5.74) is 6.71. The molecule has 1 aromatic carbocycles. The molecule has 0 fully saturated rings. The molecule has 4 aromatic heterocycles. The number of carbonyl (C=O) groups excluding carboxylic acids is 2. The fourth-order valence-electron chi connectivity index (χ4n) is 4.57. The second-order valence-corrected chi connectivity index (χ2v) is 9.82. The van der Waals surface area contributed by atoms with Crippen LogP contribution in [-0.4, -0.2) is 66.8 Å². The minimum Gasteiger partial charge on any atom is -0.392 e. The summed E-state index contributed by atoms with van der Waals surface area (Å²) in [4.78, 5) is 44.9. The Labute approximate surface area is 244 Å². The van der Waals surface area contributed by atoms with E-state index in [0.717, 1.165) is 33.5 Å². The van der Waals surface area contributed by atoms with Crippen LogP contribution in [0.5, 0.6) is 0 Å². The average molecular weight is 559 g/mol. The number of aromatic nitrogens is 4. The molecule has 0 unspecified atom stereocenters.